The van der Waals surface area contributed by atoms with Crippen LogP contribution in [0.2, 0.25) is 0 Å². The molecule has 0 fully saturated rings. The average Bonchev–Trinajstić information content (AvgIpc) is 2.39. The lowest BCUT2D eigenvalue weighted by atomic mass is 10.1. The fraction of sp³-hybridized carbons (Fsp3) is 0.571. The number of unbranched alkanes of at least 4 members (excludes halogenated alkanes) is 5. The van der Waals surface area contributed by atoms with E-state index in [0.717, 1.165) is 23.1 Å². The summed E-state index contributed by atoms with van der Waals surface area (Å²) in [6.45, 7) is 3.06. The second-order valence-corrected chi connectivity index (χ2v) is 5.47. The highest BCUT2D eigenvalue weighted by molar-refractivity contribution is 9.10. The van der Waals surface area contributed by atoms with E-state index in [4.69, 9.17) is 0 Å². The first kappa shape index (κ1) is 16.0. The molecule has 0 saturated heterocycles. The quantitative estimate of drug-likeness (QED) is 0.388. The SMILES string of the molecule is CCCCCCCCNc1cc([N+](=O)[O-])ccc1Br. The molecule has 0 heterocycles. The molecule has 0 amide bonds. The number of anilines is 1. The molecule has 0 aliphatic rings. The van der Waals surface area contributed by atoms with Gasteiger partial charge in [0, 0.05) is 23.2 Å². The Balaban J connectivity index is 2.32. The number of nitro benzene ring substituents is 1. The highest BCUT2D eigenvalue weighted by Crippen LogP contribution is 2.27. The largest absolute Gasteiger partial charge is 0.384 e. The van der Waals surface area contributed by atoms with Crippen LogP contribution in [-0.2, 0) is 0 Å². The molecule has 0 bridgehead atoms. The van der Waals surface area contributed by atoms with E-state index in [1.165, 1.54) is 38.2 Å². The summed E-state index contributed by atoms with van der Waals surface area (Å²) in [6.07, 6.45) is 7.45. The number of non-ortho nitro benzene ring substituents is 1. The van der Waals surface area contributed by atoms with Gasteiger partial charge in [0.05, 0.1) is 10.6 Å². The summed E-state index contributed by atoms with van der Waals surface area (Å²) >= 11 is 3.40. The number of rotatable bonds is 9. The summed E-state index contributed by atoms with van der Waals surface area (Å²) in [5.74, 6) is 0. The lowest BCUT2D eigenvalue weighted by molar-refractivity contribution is -0.384. The first-order valence-electron chi connectivity index (χ1n) is 6.83. The molecule has 1 aromatic rings. The van der Waals surface area contributed by atoms with Crippen molar-refractivity contribution in [1.82, 2.24) is 0 Å². The predicted octanol–water partition coefficient (Wildman–Crippen LogP) is 5.13. The third kappa shape index (κ3) is 6.05. The van der Waals surface area contributed by atoms with E-state index in [2.05, 4.69) is 28.2 Å². The Morgan fingerprint density at radius 1 is 1.21 bits per heavy atom. The van der Waals surface area contributed by atoms with Gasteiger partial charge in [0.1, 0.15) is 0 Å². The minimum atomic E-state index is -0.373. The van der Waals surface area contributed by atoms with Gasteiger partial charge >= 0.3 is 0 Å². The zero-order valence-corrected chi connectivity index (χ0v) is 12.9. The normalized spacial score (nSPS) is 10.4. The van der Waals surface area contributed by atoms with Crippen molar-refractivity contribution in [2.75, 3.05) is 11.9 Å². The van der Waals surface area contributed by atoms with Gasteiger partial charge in [0.15, 0.2) is 0 Å². The standard InChI is InChI=1S/C14H21BrN2O2/c1-2-3-4-5-6-7-10-16-14-11-12(17(18)19)8-9-13(14)15/h8-9,11,16H,2-7,10H2,1H3. The molecule has 19 heavy (non-hydrogen) atoms. The van der Waals surface area contributed by atoms with Crippen molar-refractivity contribution in [3.8, 4) is 0 Å². The minimum Gasteiger partial charge on any atom is -0.384 e. The van der Waals surface area contributed by atoms with Crippen LogP contribution in [0.5, 0.6) is 0 Å². The molecule has 1 N–H and O–H groups in total. The minimum absolute atomic E-state index is 0.119. The van der Waals surface area contributed by atoms with Crippen LogP contribution in [0.1, 0.15) is 45.4 Å². The number of nitrogens with one attached hydrogen (secondary N) is 1. The smallest absolute Gasteiger partial charge is 0.271 e. The number of halogens is 1. The molecule has 4 nitrogen and oxygen atoms in total. The van der Waals surface area contributed by atoms with Crippen molar-refractivity contribution < 1.29 is 4.92 Å². The molecule has 0 unspecified atom stereocenters. The Labute approximate surface area is 122 Å². The maximum Gasteiger partial charge on any atom is 0.271 e. The molecule has 0 aliphatic carbocycles. The second kappa shape index (κ2) is 8.91. The molecule has 106 valence electrons. The summed E-state index contributed by atoms with van der Waals surface area (Å²) in [7, 11) is 0. The van der Waals surface area contributed by atoms with Crippen LogP contribution in [0, 0.1) is 10.1 Å². The molecule has 0 saturated carbocycles. The molecular formula is C14H21BrN2O2. The zero-order chi connectivity index (χ0) is 14.1. The number of nitro groups is 1. The molecule has 0 aromatic heterocycles. The number of hydrogen-bond acceptors (Lipinski definition) is 3. The van der Waals surface area contributed by atoms with Gasteiger partial charge in [-0.05, 0) is 28.4 Å². The van der Waals surface area contributed by atoms with Crippen molar-refractivity contribution in [3.63, 3.8) is 0 Å². The van der Waals surface area contributed by atoms with Crippen LogP contribution in [0.25, 0.3) is 0 Å². The third-order valence-corrected chi connectivity index (χ3v) is 3.70. The van der Waals surface area contributed by atoms with E-state index in [9.17, 15) is 10.1 Å². The van der Waals surface area contributed by atoms with Crippen LogP contribution in [0.4, 0.5) is 11.4 Å². The van der Waals surface area contributed by atoms with Gasteiger partial charge in [-0.3, -0.25) is 10.1 Å². The third-order valence-electron chi connectivity index (χ3n) is 3.01. The summed E-state index contributed by atoms with van der Waals surface area (Å²) in [5, 5.41) is 14.0. The van der Waals surface area contributed by atoms with Crippen LogP contribution < -0.4 is 5.32 Å². The maximum absolute atomic E-state index is 10.7. The highest BCUT2D eigenvalue weighted by Gasteiger charge is 2.08. The first-order chi connectivity index (χ1) is 9.15. The maximum atomic E-state index is 10.7. The van der Waals surface area contributed by atoms with Crippen molar-refractivity contribution in [1.29, 1.82) is 0 Å². The van der Waals surface area contributed by atoms with Gasteiger partial charge in [-0.2, -0.15) is 0 Å². The average molecular weight is 329 g/mol. The van der Waals surface area contributed by atoms with Crippen LogP contribution in [-0.4, -0.2) is 11.5 Å². The Bertz CT molecular complexity index is 410. The molecule has 1 rings (SSSR count). The predicted molar refractivity (Wildman–Crippen MR) is 82.7 cm³/mol. The van der Waals surface area contributed by atoms with Crippen molar-refractivity contribution >= 4 is 27.3 Å². The lowest BCUT2D eigenvalue weighted by Crippen LogP contribution is -2.02. The van der Waals surface area contributed by atoms with E-state index >= 15 is 0 Å². The molecule has 0 radical (unpaired) electrons. The van der Waals surface area contributed by atoms with Crippen molar-refractivity contribution in [2.24, 2.45) is 0 Å². The van der Waals surface area contributed by atoms with Crippen LogP contribution in [0.3, 0.4) is 0 Å². The van der Waals surface area contributed by atoms with E-state index in [1.54, 1.807) is 12.1 Å². The Morgan fingerprint density at radius 2 is 1.89 bits per heavy atom. The summed E-state index contributed by atoms with van der Waals surface area (Å²) < 4.78 is 0.865. The zero-order valence-electron chi connectivity index (χ0n) is 11.3. The fourth-order valence-electron chi connectivity index (χ4n) is 1.89. The lowest BCUT2D eigenvalue weighted by Gasteiger charge is -2.08. The van der Waals surface area contributed by atoms with Gasteiger partial charge in [0.2, 0.25) is 0 Å². The Morgan fingerprint density at radius 3 is 2.58 bits per heavy atom. The number of benzene rings is 1. The highest BCUT2D eigenvalue weighted by atomic mass is 79.9. The molecule has 0 aliphatic heterocycles. The molecular weight excluding hydrogens is 308 g/mol. The van der Waals surface area contributed by atoms with Gasteiger partial charge < -0.3 is 5.32 Å². The topological polar surface area (TPSA) is 55.2 Å². The molecule has 5 heteroatoms. The van der Waals surface area contributed by atoms with Gasteiger partial charge in [-0.1, -0.05) is 39.0 Å². The van der Waals surface area contributed by atoms with Gasteiger partial charge in [0.25, 0.3) is 5.69 Å². The second-order valence-electron chi connectivity index (χ2n) is 4.62. The number of nitrogens with zero attached hydrogens (tertiary/aromatic N) is 1. The van der Waals surface area contributed by atoms with E-state index in [1.807, 2.05) is 0 Å². The van der Waals surface area contributed by atoms with E-state index < -0.39 is 0 Å². The Kier molecular flexibility index (Phi) is 7.48. The summed E-state index contributed by atoms with van der Waals surface area (Å²) in [6, 6.07) is 4.78. The van der Waals surface area contributed by atoms with E-state index in [0.29, 0.717) is 0 Å². The first-order valence-corrected chi connectivity index (χ1v) is 7.62. The van der Waals surface area contributed by atoms with Crippen LogP contribution >= 0.6 is 15.9 Å². The van der Waals surface area contributed by atoms with E-state index in [-0.39, 0.29) is 10.6 Å². The molecule has 0 spiro atoms. The van der Waals surface area contributed by atoms with Crippen molar-refractivity contribution in [2.45, 2.75) is 45.4 Å². The monoisotopic (exact) mass is 328 g/mol. The van der Waals surface area contributed by atoms with Gasteiger partial charge in [-0.25, -0.2) is 0 Å². The van der Waals surface area contributed by atoms with Crippen LogP contribution in [0.15, 0.2) is 22.7 Å². The summed E-state index contributed by atoms with van der Waals surface area (Å²) in [4.78, 5) is 10.3. The fourth-order valence-corrected chi connectivity index (χ4v) is 2.28. The van der Waals surface area contributed by atoms with Crippen molar-refractivity contribution in [3.05, 3.63) is 32.8 Å². The molecule has 0 atom stereocenters. The summed E-state index contributed by atoms with van der Waals surface area (Å²) in [5.41, 5.74) is 0.913. The Hall–Kier alpha value is -1.10. The number of hydrogen-bond donors (Lipinski definition) is 1. The molecule has 1 aromatic carbocycles. The van der Waals surface area contributed by atoms with Gasteiger partial charge in [-0.15, -0.1) is 0 Å².